The Morgan fingerprint density at radius 1 is 1.50 bits per heavy atom. The quantitative estimate of drug-likeness (QED) is 0.553. The molecule has 0 unspecified atom stereocenters. The van der Waals surface area contributed by atoms with Gasteiger partial charge in [0.15, 0.2) is 0 Å². The molecule has 0 aromatic carbocycles. The Morgan fingerprint density at radius 3 is 1.90 bits per heavy atom. The Kier molecular flexibility index (Phi) is 12.8. The summed E-state index contributed by atoms with van der Waals surface area (Å²) >= 11 is 0. The zero-order chi connectivity index (χ0) is 8.41. The van der Waals surface area contributed by atoms with Gasteiger partial charge in [-0.2, -0.15) is 0 Å². The molecule has 0 rings (SSSR count). The van der Waals surface area contributed by atoms with E-state index in [2.05, 4.69) is 5.32 Å². The van der Waals surface area contributed by atoms with Crippen LogP contribution in [0.25, 0.3) is 0 Å². The maximum absolute atomic E-state index is 9.49. The summed E-state index contributed by atoms with van der Waals surface area (Å²) in [5, 5.41) is 9.93. The second-order valence-corrected chi connectivity index (χ2v) is 1.50. The third kappa shape index (κ3) is 27.9. The van der Waals surface area contributed by atoms with Gasteiger partial charge in [0, 0.05) is 6.54 Å². The van der Waals surface area contributed by atoms with E-state index in [-0.39, 0.29) is 0 Å². The summed E-state index contributed by atoms with van der Waals surface area (Å²) < 4.78 is 0. The fourth-order valence-corrected chi connectivity index (χ4v) is 0.151. The van der Waals surface area contributed by atoms with Crippen molar-refractivity contribution in [2.45, 2.75) is 20.8 Å². The van der Waals surface area contributed by atoms with Crippen LogP contribution in [0, 0.1) is 0 Å². The van der Waals surface area contributed by atoms with Crippen LogP contribution < -0.4 is 5.32 Å². The average Bonchev–Trinajstić information content (AvgIpc) is 1.89. The molecule has 0 atom stereocenters. The van der Waals surface area contributed by atoms with Crippen molar-refractivity contribution in [3.8, 4) is 0 Å². The van der Waals surface area contributed by atoms with Crippen LogP contribution in [-0.4, -0.2) is 17.7 Å². The number of nitrogens with one attached hydrogen (secondary N) is 1. The molecule has 0 fully saturated rings. The van der Waals surface area contributed by atoms with Crippen LogP contribution >= 0.6 is 0 Å². The molecule has 0 saturated carbocycles. The van der Waals surface area contributed by atoms with Gasteiger partial charge < -0.3 is 10.4 Å². The van der Waals surface area contributed by atoms with E-state index in [1.165, 1.54) is 0 Å². The Labute approximate surface area is 61.8 Å². The summed E-state index contributed by atoms with van der Waals surface area (Å²) in [5.41, 5.74) is 0. The normalized spacial score (nSPS) is 8.30. The SMILES string of the molecule is CC=CC.CCNC(=O)O. The van der Waals surface area contributed by atoms with Gasteiger partial charge in [-0.25, -0.2) is 4.79 Å². The molecule has 3 heteroatoms. The lowest BCUT2D eigenvalue weighted by Crippen LogP contribution is -2.19. The van der Waals surface area contributed by atoms with E-state index < -0.39 is 6.09 Å². The minimum atomic E-state index is -0.961. The molecule has 0 aromatic rings. The molecule has 0 radical (unpaired) electrons. The average molecular weight is 145 g/mol. The molecule has 10 heavy (non-hydrogen) atoms. The van der Waals surface area contributed by atoms with Crippen LogP contribution in [-0.2, 0) is 0 Å². The molecule has 0 aromatic heterocycles. The van der Waals surface area contributed by atoms with Gasteiger partial charge in [-0.05, 0) is 20.8 Å². The summed E-state index contributed by atoms with van der Waals surface area (Å²) in [7, 11) is 0. The Bertz CT molecular complexity index is 95.8. The van der Waals surface area contributed by atoms with E-state index in [1.54, 1.807) is 6.92 Å². The van der Waals surface area contributed by atoms with Gasteiger partial charge in [-0.15, -0.1) is 0 Å². The van der Waals surface area contributed by atoms with Crippen molar-refractivity contribution >= 4 is 6.09 Å². The fourth-order valence-electron chi connectivity index (χ4n) is 0.151. The molecule has 0 aliphatic heterocycles. The summed E-state index contributed by atoms with van der Waals surface area (Å²) in [6, 6.07) is 0. The molecule has 3 nitrogen and oxygen atoms in total. The summed E-state index contributed by atoms with van der Waals surface area (Å²) in [4.78, 5) is 9.49. The third-order valence-corrected chi connectivity index (χ3v) is 0.661. The minimum absolute atomic E-state index is 0.481. The van der Waals surface area contributed by atoms with E-state index in [1.807, 2.05) is 26.0 Å². The number of hydrogen-bond acceptors (Lipinski definition) is 1. The van der Waals surface area contributed by atoms with Crippen molar-refractivity contribution in [3.63, 3.8) is 0 Å². The first-order chi connectivity index (χ1) is 4.68. The zero-order valence-corrected chi connectivity index (χ0v) is 6.72. The lowest BCUT2D eigenvalue weighted by molar-refractivity contribution is 0.195. The lowest BCUT2D eigenvalue weighted by Gasteiger charge is -1.87. The summed E-state index contributed by atoms with van der Waals surface area (Å²) in [6.45, 7) is 6.21. The van der Waals surface area contributed by atoms with Crippen molar-refractivity contribution < 1.29 is 9.90 Å². The lowest BCUT2D eigenvalue weighted by atomic mass is 10.6. The van der Waals surface area contributed by atoms with Gasteiger partial charge in [0.1, 0.15) is 0 Å². The van der Waals surface area contributed by atoms with Crippen LogP contribution in [0.15, 0.2) is 12.2 Å². The molecule has 0 saturated heterocycles. The molecule has 1 amide bonds. The minimum Gasteiger partial charge on any atom is -0.465 e. The van der Waals surface area contributed by atoms with Gasteiger partial charge >= 0.3 is 6.09 Å². The van der Waals surface area contributed by atoms with Crippen molar-refractivity contribution in [3.05, 3.63) is 12.2 Å². The van der Waals surface area contributed by atoms with E-state index in [9.17, 15) is 4.79 Å². The molecule has 2 N–H and O–H groups in total. The van der Waals surface area contributed by atoms with Crippen molar-refractivity contribution in [1.82, 2.24) is 5.32 Å². The van der Waals surface area contributed by atoms with E-state index in [0.717, 1.165) is 0 Å². The molecule has 60 valence electrons. The van der Waals surface area contributed by atoms with Crippen LogP contribution in [0.1, 0.15) is 20.8 Å². The second kappa shape index (κ2) is 10.9. The van der Waals surface area contributed by atoms with Crippen LogP contribution in [0.4, 0.5) is 4.79 Å². The molecule has 0 aliphatic rings. The van der Waals surface area contributed by atoms with Gasteiger partial charge in [-0.1, -0.05) is 12.2 Å². The van der Waals surface area contributed by atoms with Gasteiger partial charge in [-0.3, -0.25) is 0 Å². The largest absolute Gasteiger partial charge is 0.465 e. The standard InChI is InChI=1S/C4H8.C3H7NO2/c1-3-4-2;1-2-4-3(5)6/h3-4H,1-2H3;4H,2H2,1H3,(H,5,6). The monoisotopic (exact) mass is 145 g/mol. The van der Waals surface area contributed by atoms with E-state index >= 15 is 0 Å². The second-order valence-electron chi connectivity index (χ2n) is 1.50. The third-order valence-electron chi connectivity index (χ3n) is 0.661. The molecule has 0 bridgehead atoms. The topological polar surface area (TPSA) is 49.3 Å². The smallest absolute Gasteiger partial charge is 0.404 e. The zero-order valence-electron chi connectivity index (χ0n) is 6.72. The molecule has 0 aliphatic carbocycles. The highest BCUT2D eigenvalue weighted by Crippen LogP contribution is 1.57. The Hall–Kier alpha value is -0.990. The number of carboxylic acid groups (broad SMARTS) is 1. The number of amides is 1. The summed E-state index contributed by atoms with van der Waals surface area (Å²) in [6.07, 6.45) is 3.04. The number of carbonyl (C=O) groups is 1. The highest BCUT2D eigenvalue weighted by atomic mass is 16.4. The van der Waals surface area contributed by atoms with Crippen molar-refractivity contribution in [2.24, 2.45) is 0 Å². The maximum Gasteiger partial charge on any atom is 0.404 e. The number of allylic oxidation sites excluding steroid dienone is 2. The first-order valence-corrected chi connectivity index (χ1v) is 3.23. The first kappa shape index (κ1) is 11.8. The van der Waals surface area contributed by atoms with Gasteiger partial charge in [0.25, 0.3) is 0 Å². The summed E-state index contributed by atoms with van der Waals surface area (Å²) in [5.74, 6) is 0. The first-order valence-electron chi connectivity index (χ1n) is 3.23. The van der Waals surface area contributed by atoms with Crippen LogP contribution in [0.5, 0.6) is 0 Å². The fraction of sp³-hybridized carbons (Fsp3) is 0.571. The number of hydrogen-bond donors (Lipinski definition) is 2. The van der Waals surface area contributed by atoms with Crippen molar-refractivity contribution in [2.75, 3.05) is 6.54 Å². The predicted octanol–water partition coefficient (Wildman–Crippen LogP) is 1.86. The Morgan fingerprint density at radius 2 is 1.90 bits per heavy atom. The Balaban J connectivity index is 0. The highest BCUT2D eigenvalue weighted by Gasteiger charge is 1.82. The van der Waals surface area contributed by atoms with E-state index in [4.69, 9.17) is 5.11 Å². The highest BCUT2D eigenvalue weighted by molar-refractivity contribution is 5.64. The molecule has 0 spiro atoms. The van der Waals surface area contributed by atoms with Gasteiger partial charge in [0.05, 0.1) is 0 Å². The molecular weight excluding hydrogens is 130 g/mol. The van der Waals surface area contributed by atoms with Crippen molar-refractivity contribution in [1.29, 1.82) is 0 Å². The maximum atomic E-state index is 9.49. The number of rotatable bonds is 1. The van der Waals surface area contributed by atoms with Crippen LogP contribution in [0.3, 0.4) is 0 Å². The van der Waals surface area contributed by atoms with Crippen LogP contribution in [0.2, 0.25) is 0 Å². The van der Waals surface area contributed by atoms with E-state index in [0.29, 0.717) is 6.54 Å². The molecule has 0 heterocycles. The predicted molar refractivity (Wildman–Crippen MR) is 42.2 cm³/mol. The van der Waals surface area contributed by atoms with Gasteiger partial charge in [0.2, 0.25) is 0 Å². The molecular formula is C7H15NO2.